The van der Waals surface area contributed by atoms with E-state index < -0.39 is 0 Å². The number of benzene rings is 1. The molecular formula is C17H24N2S. The minimum atomic E-state index is 0.469. The monoisotopic (exact) mass is 288 g/mol. The minimum absolute atomic E-state index is 0.469. The van der Waals surface area contributed by atoms with Gasteiger partial charge in [0.2, 0.25) is 0 Å². The number of aryl methyl sites for hydroxylation is 1. The molecule has 0 unspecified atom stereocenters. The first-order chi connectivity index (χ1) is 9.61. The van der Waals surface area contributed by atoms with Crippen LogP contribution < -0.4 is 10.6 Å². The van der Waals surface area contributed by atoms with Gasteiger partial charge >= 0.3 is 0 Å². The smallest absolute Gasteiger partial charge is 0.0525 e. The molecular weight excluding hydrogens is 264 g/mol. The molecule has 2 N–H and O–H groups in total. The molecule has 1 aromatic carbocycles. The van der Waals surface area contributed by atoms with Crippen LogP contribution in [0.15, 0.2) is 35.7 Å². The largest absolute Gasteiger partial charge is 0.364 e. The third kappa shape index (κ3) is 3.62. The first kappa shape index (κ1) is 15.1. The SMILES string of the molecule is Cc1ccc(N(Cc2cccs2)C(C)C)c(CCN)c1. The molecule has 3 heteroatoms. The lowest BCUT2D eigenvalue weighted by atomic mass is 10.0. The van der Waals surface area contributed by atoms with Gasteiger partial charge in [-0.1, -0.05) is 23.8 Å². The minimum Gasteiger partial charge on any atom is -0.364 e. The Bertz CT molecular complexity index is 532. The van der Waals surface area contributed by atoms with Gasteiger partial charge in [-0.25, -0.2) is 0 Å². The zero-order valence-corrected chi connectivity index (χ0v) is 13.4. The van der Waals surface area contributed by atoms with E-state index in [0.29, 0.717) is 12.6 Å². The Hall–Kier alpha value is -1.32. The standard InChI is InChI=1S/C17H24N2S/c1-13(2)19(12-16-5-4-10-20-16)17-7-6-14(3)11-15(17)8-9-18/h4-7,10-11,13H,8-9,12,18H2,1-3H3. The lowest BCUT2D eigenvalue weighted by molar-refractivity contribution is 0.682. The molecule has 2 nitrogen and oxygen atoms in total. The molecule has 2 aromatic rings. The molecule has 0 aliphatic heterocycles. The number of nitrogens with zero attached hydrogens (tertiary/aromatic N) is 1. The quantitative estimate of drug-likeness (QED) is 0.871. The van der Waals surface area contributed by atoms with Gasteiger partial charge in [0.05, 0.1) is 6.54 Å². The lowest BCUT2D eigenvalue weighted by Crippen LogP contribution is -2.31. The van der Waals surface area contributed by atoms with Crippen molar-refractivity contribution < 1.29 is 0 Å². The average Bonchev–Trinajstić information content (AvgIpc) is 2.90. The van der Waals surface area contributed by atoms with Crippen molar-refractivity contribution in [3.63, 3.8) is 0 Å². The van der Waals surface area contributed by atoms with Crippen molar-refractivity contribution in [2.75, 3.05) is 11.4 Å². The van der Waals surface area contributed by atoms with E-state index in [1.807, 2.05) is 11.3 Å². The fourth-order valence-corrected chi connectivity index (χ4v) is 3.17. The Balaban J connectivity index is 2.33. The predicted molar refractivity (Wildman–Crippen MR) is 89.6 cm³/mol. The highest BCUT2D eigenvalue weighted by Gasteiger charge is 2.15. The van der Waals surface area contributed by atoms with Crippen LogP contribution in [0.5, 0.6) is 0 Å². The molecule has 1 aromatic heterocycles. The summed E-state index contributed by atoms with van der Waals surface area (Å²) in [4.78, 5) is 3.87. The van der Waals surface area contributed by atoms with Gasteiger partial charge in [-0.3, -0.25) is 0 Å². The van der Waals surface area contributed by atoms with E-state index in [4.69, 9.17) is 5.73 Å². The third-order valence-corrected chi connectivity index (χ3v) is 4.35. The van der Waals surface area contributed by atoms with Gasteiger partial charge in [0.25, 0.3) is 0 Å². The molecule has 0 spiro atoms. The summed E-state index contributed by atoms with van der Waals surface area (Å²) < 4.78 is 0. The van der Waals surface area contributed by atoms with Crippen molar-refractivity contribution >= 4 is 17.0 Å². The van der Waals surface area contributed by atoms with Gasteiger partial charge in [0.15, 0.2) is 0 Å². The fourth-order valence-electron chi connectivity index (χ4n) is 2.47. The van der Waals surface area contributed by atoms with Crippen LogP contribution in [0.3, 0.4) is 0 Å². The van der Waals surface area contributed by atoms with Gasteiger partial charge in [-0.05, 0) is 56.8 Å². The number of hydrogen-bond acceptors (Lipinski definition) is 3. The molecule has 0 amide bonds. The Labute approximate surface area is 126 Å². The molecule has 0 aliphatic rings. The second kappa shape index (κ2) is 6.91. The van der Waals surface area contributed by atoms with Crippen molar-refractivity contribution in [2.45, 2.75) is 39.8 Å². The number of hydrogen-bond donors (Lipinski definition) is 1. The summed E-state index contributed by atoms with van der Waals surface area (Å²) >= 11 is 1.82. The fraction of sp³-hybridized carbons (Fsp3) is 0.412. The Morgan fingerprint density at radius 1 is 1.25 bits per heavy atom. The van der Waals surface area contributed by atoms with E-state index in [1.165, 1.54) is 21.7 Å². The summed E-state index contributed by atoms with van der Waals surface area (Å²) in [6.45, 7) is 8.31. The lowest BCUT2D eigenvalue weighted by Gasteiger charge is -2.31. The van der Waals surface area contributed by atoms with E-state index in [1.54, 1.807) is 0 Å². The summed E-state index contributed by atoms with van der Waals surface area (Å²) in [5.41, 5.74) is 9.76. The van der Waals surface area contributed by atoms with Crippen LogP contribution in [0, 0.1) is 6.92 Å². The van der Waals surface area contributed by atoms with Crippen LogP contribution in [-0.4, -0.2) is 12.6 Å². The zero-order valence-electron chi connectivity index (χ0n) is 12.6. The number of anilines is 1. The molecule has 20 heavy (non-hydrogen) atoms. The number of thiophene rings is 1. The molecule has 0 saturated carbocycles. The maximum Gasteiger partial charge on any atom is 0.0525 e. The van der Waals surface area contributed by atoms with Crippen LogP contribution in [-0.2, 0) is 13.0 Å². The Morgan fingerprint density at radius 2 is 2.05 bits per heavy atom. The number of nitrogens with two attached hydrogens (primary N) is 1. The van der Waals surface area contributed by atoms with Crippen molar-refractivity contribution in [3.8, 4) is 0 Å². The van der Waals surface area contributed by atoms with Gasteiger partial charge in [0.1, 0.15) is 0 Å². The maximum absolute atomic E-state index is 5.78. The first-order valence-corrected chi connectivity index (χ1v) is 8.08. The van der Waals surface area contributed by atoms with E-state index in [9.17, 15) is 0 Å². The molecule has 0 aliphatic carbocycles. The van der Waals surface area contributed by atoms with Gasteiger partial charge in [-0.15, -0.1) is 11.3 Å². The van der Waals surface area contributed by atoms with Crippen LogP contribution >= 0.6 is 11.3 Å². The third-order valence-electron chi connectivity index (χ3n) is 3.49. The van der Waals surface area contributed by atoms with Crippen LogP contribution in [0.1, 0.15) is 29.9 Å². The molecule has 0 fully saturated rings. The summed E-state index contributed by atoms with van der Waals surface area (Å²) in [6.07, 6.45) is 0.935. The highest BCUT2D eigenvalue weighted by atomic mass is 32.1. The van der Waals surface area contributed by atoms with Crippen LogP contribution in [0.25, 0.3) is 0 Å². The second-order valence-electron chi connectivity index (χ2n) is 5.47. The van der Waals surface area contributed by atoms with Crippen molar-refractivity contribution in [2.24, 2.45) is 5.73 Å². The van der Waals surface area contributed by atoms with Gasteiger partial charge in [0, 0.05) is 16.6 Å². The summed E-state index contributed by atoms with van der Waals surface area (Å²) in [7, 11) is 0. The van der Waals surface area contributed by atoms with Gasteiger partial charge < -0.3 is 10.6 Å². The highest BCUT2D eigenvalue weighted by molar-refractivity contribution is 7.09. The molecule has 108 valence electrons. The van der Waals surface area contributed by atoms with E-state index in [-0.39, 0.29) is 0 Å². The summed E-state index contributed by atoms with van der Waals surface area (Å²) in [5, 5.41) is 2.14. The summed E-state index contributed by atoms with van der Waals surface area (Å²) in [6, 6.07) is 11.5. The van der Waals surface area contributed by atoms with E-state index in [0.717, 1.165) is 13.0 Å². The van der Waals surface area contributed by atoms with Crippen molar-refractivity contribution in [1.29, 1.82) is 0 Å². The zero-order chi connectivity index (χ0) is 14.5. The molecule has 2 rings (SSSR count). The molecule has 0 radical (unpaired) electrons. The van der Waals surface area contributed by atoms with E-state index in [2.05, 4.69) is 61.4 Å². The number of rotatable bonds is 6. The van der Waals surface area contributed by atoms with Crippen molar-refractivity contribution in [1.82, 2.24) is 0 Å². The average molecular weight is 288 g/mol. The Morgan fingerprint density at radius 3 is 2.65 bits per heavy atom. The van der Waals surface area contributed by atoms with Crippen LogP contribution in [0.4, 0.5) is 5.69 Å². The summed E-state index contributed by atoms with van der Waals surface area (Å²) in [5.74, 6) is 0. The Kier molecular flexibility index (Phi) is 5.21. The maximum atomic E-state index is 5.78. The molecule has 0 atom stereocenters. The molecule has 0 saturated heterocycles. The van der Waals surface area contributed by atoms with E-state index >= 15 is 0 Å². The topological polar surface area (TPSA) is 29.3 Å². The molecule has 1 heterocycles. The first-order valence-electron chi connectivity index (χ1n) is 7.20. The normalized spacial score (nSPS) is 11.1. The predicted octanol–water partition coefficient (Wildman–Crippen LogP) is 3.97. The highest BCUT2D eigenvalue weighted by Crippen LogP contribution is 2.27. The van der Waals surface area contributed by atoms with Crippen molar-refractivity contribution in [3.05, 3.63) is 51.7 Å². The van der Waals surface area contributed by atoms with Crippen LogP contribution in [0.2, 0.25) is 0 Å². The van der Waals surface area contributed by atoms with Gasteiger partial charge in [-0.2, -0.15) is 0 Å². The second-order valence-corrected chi connectivity index (χ2v) is 6.50. The molecule has 0 bridgehead atoms.